The summed E-state index contributed by atoms with van der Waals surface area (Å²) < 4.78 is 5.55. The minimum Gasteiger partial charge on any atom is -0.449 e. The Hall–Kier alpha value is -3.66. The average molecular weight is 426 g/mol. The fourth-order valence-corrected chi connectivity index (χ4v) is 4.20. The van der Waals surface area contributed by atoms with E-state index in [1.807, 2.05) is 61.5 Å². The molecule has 4 rings (SSSR count). The van der Waals surface area contributed by atoms with Gasteiger partial charge in [0.15, 0.2) is 5.78 Å². The molecule has 1 aliphatic rings. The van der Waals surface area contributed by atoms with Crippen molar-refractivity contribution in [2.45, 2.75) is 26.2 Å². The maximum absolute atomic E-state index is 12.2. The molecule has 0 fully saturated rings. The number of fused-ring (bicyclic) bond motifs is 3. The van der Waals surface area contributed by atoms with E-state index in [-0.39, 0.29) is 11.7 Å². The van der Waals surface area contributed by atoms with Gasteiger partial charge in [-0.2, -0.15) is 0 Å². The number of ether oxygens (including phenoxy) is 1. The Morgan fingerprint density at radius 1 is 0.969 bits per heavy atom. The summed E-state index contributed by atoms with van der Waals surface area (Å²) in [7, 11) is 0. The third-order valence-electron chi connectivity index (χ3n) is 5.90. The zero-order valence-electron chi connectivity index (χ0n) is 18.4. The van der Waals surface area contributed by atoms with Crippen LogP contribution in [-0.2, 0) is 4.74 Å². The predicted octanol–water partition coefficient (Wildman–Crippen LogP) is 6.14. The number of carbonyl (C=O) groups excluding carboxylic acids is 2. The summed E-state index contributed by atoms with van der Waals surface area (Å²) in [6.45, 7) is 4.37. The minimum atomic E-state index is -0.401. The molecule has 0 heterocycles. The number of amides is 1. The molecular weight excluding hydrogens is 398 g/mol. The molecule has 0 saturated heterocycles. The molecule has 32 heavy (non-hydrogen) atoms. The zero-order valence-corrected chi connectivity index (χ0v) is 18.4. The van der Waals surface area contributed by atoms with Gasteiger partial charge in [-0.3, -0.25) is 4.79 Å². The fraction of sp³-hybridized carbons (Fsp3) is 0.214. The van der Waals surface area contributed by atoms with E-state index in [2.05, 4.69) is 29.6 Å². The number of benzene rings is 3. The highest BCUT2D eigenvalue weighted by Crippen LogP contribution is 2.44. The highest BCUT2D eigenvalue weighted by molar-refractivity contribution is 5.94. The van der Waals surface area contributed by atoms with Gasteiger partial charge in [-0.15, -0.1) is 0 Å². The van der Waals surface area contributed by atoms with Crippen LogP contribution in [0.1, 0.15) is 51.9 Å². The fourth-order valence-electron chi connectivity index (χ4n) is 4.20. The second-order valence-electron chi connectivity index (χ2n) is 8.07. The molecule has 4 nitrogen and oxygen atoms in total. The molecule has 1 amide bonds. The molecule has 3 aromatic rings. The lowest BCUT2D eigenvalue weighted by atomic mass is 9.98. The van der Waals surface area contributed by atoms with Crippen LogP contribution in [0.2, 0.25) is 0 Å². The van der Waals surface area contributed by atoms with Crippen molar-refractivity contribution in [1.82, 2.24) is 5.32 Å². The Balaban J connectivity index is 1.27. The molecule has 0 aliphatic heterocycles. The van der Waals surface area contributed by atoms with E-state index in [4.69, 9.17) is 4.74 Å². The lowest BCUT2D eigenvalue weighted by molar-refractivity contribution is 0.101. The topological polar surface area (TPSA) is 55.4 Å². The first-order chi connectivity index (χ1) is 15.5. The molecule has 0 unspecified atom stereocenters. The first-order valence-corrected chi connectivity index (χ1v) is 10.9. The van der Waals surface area contributed by atoms with Crippen molar-refractivity contribution in [3.05, 3.63) is 101 Å². The number of aryl methyl sites for hydroxylation is 1. The Bertz CT molecular complexity index is 1130. The van der Waals surface area contributed by atoms with Crippen molar-refractivity contribution in [3.8, 4) is 11.1 Å². The van der Waals surface area contributed by atoms with Gasteiger partial charge in [-0.05, 0) is 59.7 Å². The first kappa shape index (κ1) is 21.6. The molecule has 0 aromatic heterocycles. The molecule has 0 radical (unpaired) electrons. The van der Waals surface area contributed by atoms with Crippen molar-refractivity contribution in [3.63, 3.8) is 0 Å². The predicted molar refractivity (Wildman–Crippen MR) is 128 cm³/mol. The molecule has 1 N–H and O–H groups in total. The van der Waals surface area contributed by atoms with Gasteiger partial charge < -0.3 is 10.1 Å². The van der Waals surface area contributed by atoms with Crippen molar-refractivity contribution in [2.75, 3.05) is 13.2 Å². The van der Waals surface area contributed by atoms with Gasteiger partial charge in [0.2, 0.25) is 0 Å². The maximum atomic E-state index is 12.2. The average Bonchev–Trinajstić information content (AvgIpc) is 3.12. The summed E-state index contributed by atoms with van der Waals surface area (Å²) in [4.78, 5) is 23.7. The summed E-state index contributed by atoms with van der Waals surface area (Å²) in [5.74, 6) is 0.130. The molecular formula is C28H27NO3. The number of carbonyl (C=O) groups is 2. The van der Waals surface area contributed by atoms with E-state index in [1.165, 1.54) is 22.3 Å². The van der Waals surface area contributed by atoms with Gasteiger partial charge in [0.05, 0.1) is 0 Å². The highest BCUT2D eigenvalue weighted by atomic mass is 16.5. The summed E-state index contributed by atoms with van der Waals surface area (Å²) in [5, 5.41) is 2.82. The van der Waals surface area contributed by atoms with Crippen molar-refractivity contribution in [1.29, 1.82) is 0 Å². The number of rotatable bonds is 7. The van der Waals surface area contributed by atoms with E-state index in [0.29, 0.717) is 19.6 Å². The summed E-state index contributed by atoms with van der Waals surface area (Å²) in [6.07, 6.45) is 4.32. The summed E-state index contributed by atoms with van der Waals surface area (Å²) in [6, 6.07) is 22.3. The van der Waals surface area contributed by atoms with Crippen molar-refractivity contribution >= 4 is 18.0 Å². The number of alkyl carbamates (subject to hydrolysis) is 1. The monoisotopic (exact) mass is 425 g/mol. The molecule has 0 atom stereocenters. The second kappa shape index (κ2) is 9.65. The molecule has 0 saturated carbocycles. The van der Waals surface area contributed by atoms with Crippen LogP contribution >= 0.6 is 0 Å². The van der Waals surface area contributed by atoms with Crippen LogP contribution in [0.25, 0.3) is 17.2 Å². The van der Waals surface area contributed by atoms with Crippen LogP contribution in [-0.4, -0.2) is 25.0 Å². The van der Waals surface area contributed by atoms with Gasteiger partial charge >= 0.3 is 6.09 Å². The highest BCUT2D eigenvalue weighted by Gasteiger charge is 2.28. The van der Waals surface area contributed by atoms with E-state index in [0.717, 1.165) is 16.7 Å². The number of Topliss-reactive ketones (excluding diaryl/α,β-unsaturated/α-hetero) is 1. The van der Waals surface area contributed by atoms with Crippen LogP contribution in [0.5, 0.6) is 0 Å². The van der Waals surface area contributed by atoms with Crippen molar-refractivity contribution in [2.24, 2.45) is 0 Å². The molecule has 3 aromatic carbocycles. The van der Waals surface area contributed by atoms with Crippen LogP contribution < -0.4 is 5.32 Å². The maximum Gasteiger partial charge on any atom is 0.407 e. The van der Waals surface area contributed by atoms with E-state index in [9.17, 15) is 9.59 Å². The van der Waals surface area contributed by atoms with Gasteiger partial charge in [0.25, 0.3) is 0 Å². The SMILES string of the molecule is CC(=O)c1ccc(C=CCCNC(=O)OCC2c3ccccc3-c3ccccc32)c(C)c1. The Morgan fingerprint density at radius 2 is 1.62 bits per heavy atom. The van der Waals surface area contributed by atoms with Gasteiger partial charge in [-0.25, -0.2) is 4.79 Å². The molecule has 4 heteroatoms. The normalized spacial score (nSPS) is 12.4. The quantitative estimate of drug-likeness (QED) is 0.365. The van der Waals surface area contributed by atoms with E-state index in [1.54, 1.807) is 6.92 Å². The summed E-state index contributed by atoms with van der Waals surface area (Å²) in [5.41, 5.74) is 7.68. The van der Waals surface area contributed by atoms with Gasteiger partial charge in [-0.1, -0.05) is 72.8 Å². The third kappa shape index (κ3) is 4.65. The lowest BCUT2D eigenvalue weighted by Crippen LogP contribution is -2.26. The number of hydrogen-bond donors (Lipinski definition) is 1. The van der Waals surface area contributed by atoms with Crippen LogP contribution in [0, 0.1) is 6.92 Å². The van der Waals surface area contributed by atoms with E-state index < -0.39 is 6.09 Å². The summed E-state index contributed by atoms with van der Waals surface area (Å²) >= 11 is 0. The molecule has 0 bridgehead atoms. The number of hydrogen-bond acceptors (Lipinski definition) is 3. The molecule has 162 valence electrons. The molecule has 1 aliphatic carbocycles. The van der Waals surface area contributed by atoms with Gasteiger partial charge in [0.1, 0.15) is 6.61 Å². The number of nitrogens with one attached hydrogen (secondary N) is 1. The minimum absolute atomic E-state index is 0.0639. The smallest absolute Gasteiger partial charge is 0.407 e. The zero-order chi connectivity index (χ0) is 22.5. The van der Waals surface area contributed by atoms with Crippen molar-refractivity contribution < 1.29 is 14.3 Å². The largest absolute Gasteiger partial charge is 0.449 e. The second-order valence-corrected chi connectivity index (χ2v) is 8.07. The first-order valence-electron chi connectivity index (χ1n) is 10.9. The standard InChI is InChI=1S/C28H27NO3/c1-19-17-22(20(2)30)15-14-21(19)9-7-8-16-29-28(31)32-18-27-25-12-5-3-10-23(25)24-11-4-6-13-26(24)27/h3-7,9-15,17,27H,8,16,18H2,1-2H3,(H,29,31). The third-order valence-corrected chi connectivity index (χ3v) is 5.90. The van der Waals surface area contributed by atoms with Crippen LogP contribution in [0.4, 0.5) is 4.79 Å². The number of ketones is 1. The Labute approximate surface area is 188 Å². The van der Waals surface area contributed by atoms with Crippen LogP contribution in [0.15, 0.2) is 72.8 Å². The Kier molecular flexibility index (Phi) is 6.50. The van der Waals surface area contributed by atoms with E-state index >= 15 is 0 Å². The van der Waals surface area contributed by atoms with Gasteiger partial charge in [0, 0.05) is 18.0 Å². The molecule has 0 spiro atoms. The Morgan fingerprint density at radius 3 is 2.25 bits per heavy atom. The lowest BCUT2D eigenvalue weighted by Gasteiger charge is -2.14. The van der Waals surface area contributed by atoms with Crippen LogP contribution in [0.3, 0.4) is 0 Å².